The molecule has 0 aromatic rings. The molecular formula is C8H15NO5. The predicted molar refractivity (Wildman–Crippen MR) is 46.5 cm³/mol. The first-order valence-corrected chi connectivity index (χ1v) is 4.42. The van der Waals surface area contributed by atoms with E-state index in [1.54, 1.807) is 6.92 Å². The van der Waals surface area contributed by atoms with Gasteiger partial charge in [0.15, 0.2) is 0 Å². The van der Waals surface area contributed by atoms with Crippen LogP contribution in [0.3, 0.4) is 0 Å². The van der Waals surface area contributed by atoms with Crippen LogP contribution >= 0.6 is 0 Å². The molecule has 1 rings (SSSR count). The SMILES string of the molecule is CC1C(O)COC1C(O)COC(N)=O. The fourth-order valence-corrected chi connectivity index (χ4v) is 1.46. The zero-order valence-electron chi connectivity index (χ0n) is 7.92. The summed E-state index contributed by atoms with van der Waals surface area (Å²) in [4.78, 5) is 10.3. The number of primary amides is 1. The van der Waals surface area contributed by atoms with Crippen LogP contribution in [0.1, 0.15) is 6.92 Å². The Bertz CT molecular complexity index is 210. The first kappa shape index (κ1) is 11.2. The quantitative estimate of drug-likeness (QED) is 0.539. The summed E-state index contributed by atoms with van der Waals surface area (Å²) >= 11 is 0. The molecular weight excluding hydrogens is 190 g/mol. The van der Waals surface area contributed by atoms with E-state index in [0.717, 1.165) is 0 Å². The van der Waals surface area contributed by atoms with Gasteiger partial charge in [-0.15, -0.1) is 0 Å². The highest BCUT2D eigenvalue weighted by atomic mass is 16.6. The van der Waals surface area contributed by atoms with Gasteiger partial charge in [0.2, 0.25) is 0 Å². The molecule has 4 N–H and O–H groups in total. The Labute approximate surface area is 81.6 Å². The van der Waals surface area contributed by atoms with Crippen LogP contribution in [0.25, 0.3) is 0 Å². The summed E-state index contributed by atoms with van der Waals surface area (Å²) in [5.41, 5.74) is 4.74. The minimum absolute atomic E-state index is 0.179. The van der Waals surface area contributed by atoms with Gasteiger partial charge in [0.05, 0.1) is 18.8 Å². The Morgan fingerprint density at radius 1 is 1.79 bits per heavy atom. The van der Waals surface area contributed by atoms with Crippen LogP contribution in [0.15, 0.2) is 0 Å². The Balaban J connectivity index is 2.37. The smallest absolute Gasteiger partial charge is 0.404 e. The van der Waals surface area contributed by atoms with Crippen molar-refractivity contribution < 1.29 is 24.5 Å². The van der Waals surface area contributed by atoms with E-state index >= 15 is 0 Å². The van der Waals surface area contributed by atoms with Crippen LogP contribution in [0.4, 0.5) is 4.79 Å². The Hall–Kier alpha value is -0.850. The predicted octanol–water partition coefficient (Wildman–Crippen LogP) is -1.16. The van der Waals surface area contributed by atoms with E-state index in [4.69, 9.17) is 10.5 Å². The fourth-order valence-electron chi connectivity index (χ4n) is 1.46. The number of aliphatic hydroxyl groups excluding tert-OH is 2. The van der Waals surface area contributed by atoms with Gasteiger partial charge >= 0.3 is 6.09 Å². The lowest BCUT2D eigenvalue weighted by Crippen LogP contribution is -2.37. The van der Waals surface area contributed by atoms with Gasteiger partial charge in [-0.2, -0.15) is 0 Å². The molecule has 0 radical (unpaired) electrons. The first-order chi connectivity index (χ1) is 6.52. The van der Waals surface area contributed by atoms with Gasteiger partial charge in [-0.1, -0.05) is 6.92 Å². The minimum Gasteiger partial charge on any atom is -0.447 e. The highest BCUT2D eigenvalue weighted by molar-refractivity contribution is 5.64. The molecule has 0 saturated carbocycles. The maximum Gasteiger partial charge on any atom is 0.404 e. The average Bonchev–Trinajstić information content (AvgIpc) is 2.44. The lowest BCUT2D eigenvalue weighted by molar-refractivity contribution is -0.0433. The van der Waals surface area contributed by atoms with E-state index in [1.807, 2.05) is 0 Å². The molecule has 1 aliphatic heterocycles. The van der Waals surface area contributed by atoms with Gasteiger partial charge in [-0.25, -0.2) is 4.79 Å². The van der Waals surface area contributed by atoms with Gasteiger partial charge in [0.25, 0.3) is 0 Å². The highest BCUT2D eigenvalue weighted by Crippen LogP contribution is 2.23. The summed E-state index contributed by atoms with van der Waals surface area (Å²) in [6.45, 7) is 1.74. The average molecular weight is 205 g/mol. The van der Waals surface area contributed by atoms with Crippen LogP contribution in [-0.4, -0.2) is 47.8 Å². The van der Waals surface area contributed by atoms with Crippen molar-refractivity contribution in [3.63, 3.8) is 0 Å². The molecule has 0 aromatic heterocycles. The molecule has 0 spiro atoms. The van der Waals surface area contributed by atoms with Gasteiger partial charge in [0, 0.05) is 5.92 Å². The molecule has 14 heavy (non-hydrogen) atoms. The molecule has 0 bridgehead atoms. The highest BCUT2D eigenvalue weighted by Gasteiger charge is 2.37. The molecule has 6 heteroatoms. The fraction of sp³-hybridized carbons (Fsp3) is 0.875. The number of nitrogens with two attached hydrogens (primary N) is 1. The van der Waals surface area contributed by atoms with Crippen molar-refractivity contribution >= 4 is 6.09 Å². The summed E-state index contributed by atoms with van der Waals surface area (Å²) in [5.74, 6) is -0.179. The van der Waals surface area contributed by atoms with Crippen molar-refractivity contribution in [1.29, 1.82) is 0 Å². The summed E-state index contributed by atoms with van der Waals surface area (Å²) < 4.78 is 9.57. The van der Waals surface area contributed by atoms with Gasteiger partial charge in [-0.05, 0) is 0 Å². The number of carbonyl (C=O) groups excluding carboxylic acids is 1. The third-order valence-corrected chi connectivity index (χ3v) is 2.36. The van der Waals surface area contributed by atoms with E-state index in [1.165, 1.54) is 0 Å². The largest absolute Gasteiger partial charge is 0.447 e. The van der Waals surface area contributed by atoms with E-state index in [9.17, 15) is 15.0 Å². The zero-order chi connectivity index (χ0) is 10.7. The van der Waals surface area contributed by atoms with Crippen LogP contribution in [0, 0.1) is 5.92 Å². The Kier molecular flexibility index (Phi) is 3.68. The summed E-state index contributed by atoms with van der Waals surface area (Å²) in [6, 6.07) is 0. The standard InChI is InChI=1S/C8H15NO5/c1-4-5(10)2-13-7(4)6(11)3-14-8(9)12/h4-7,10-11H,2-3H2,1H3,(H2,9,12). The van der Waals surface area contributed by atoms with Crippen LogP contribution in [-0.2, 0) is 9.47 Å². The molecule has 0 aromatic carbocycles. The van der Waals surface area contributed by atoms with Crippen LogP contribution < -0.4 is 5.73 Å². The molecule has 82 valence electrons. The van der Waals surface area contributed by atoms with E-state index in [2.05, 4.69) is 4.74 Å². The molecule has 1 amide bonds. The van der Waals surface area contributed by atoms with E-state index in [-0.39, 0.29) is 19.1 Å². The van der Waals surface area contributed by atoms with Crippen molar-refractivity contribution in [3.05, 3.63) is 0 Å². The third-order valence-electron chi connectivity index (χ3n) is 2.36. The van der Waals surface area contributed by atoms with Crippen molar-refractivity contribution in [2.45, 2.75) is 25.2 Å². The second-order valence-electron chi connectivity index (χ2n) is 3.42. The second kappa shape index (κ2) is 4.59. The topological polar surface area (TPSA) is 102 Å². The molecule has 4 unspecified atom stereocenters. The summed E-state index contributed by atoms with van der Waals surface area (Å²) in [7, 11) is 0. The molecule has 4 atom stereocenters. The lowest BCUT2D eigenvalue weighted by Gasteiger charge is -2.21. The number of amides is 1. The second-order valence-corrected chi connectivity index (χ2v) is 3.42. The van der Waals surface area contributed by atoms with Gasteiger partial charge < -0.3 is 25.4 Å². The maximum absolute atomic E-state index is 10.3. The molecule has 1 aliphatic rings. The number of hydrogen-bond acceptors (Lipinski definition) is 5. The number of ether oxygens (including phenoxy) is 2. The van der Waals surface area contributed by atoms with E-state index in [0.29, 0.717) is 0 Å². The zero-order valence-corrected chi connectivity index (χ0v) is 7.92. The van der Waals surface area contributed by atoms with E-state index < -0.39 is 24.4 Å². The molecule has 1 heterocycles. The van der Waals surface area contributed by atoms with Gasteiger partial charge in [0.1, 0.15) is 12.7 Å². The van der Waals surface area contributed by atoms with Crippen molar-refractivity contribution in [2.24, 2.45) is 11.7 Å². The summed E-state index contributed by atoms with van der Waals surface area (Å²) in [6.07, 6.45) is -2.97. The van der Waals surface area contributed by atoms with Crippen LogP contribution in [0.2, 0.25) is 0 Å². The molecule has 1 fully saturated rings. The van der Waals surface area contributed by atoms with Gasteiger partial charge in [-0.3, -0.25) is 0 Å². The molecule has 6 nitrogen and oxygen atoms in total. The number of carbonyl (C=O) groups is 1. The molecule has 0 aliphatic carbocycles. The Morgan fingerprint density at radius 3 is 2.86 bits per heavy atom. The summed E-state index contributed by atoms with van der Waals surface area (Å²) in [5, 5.41) is 18.8. The molecule has 1 saturated heterocycles. The maximum atomic E-state index is 10.3. The first-order valence-electron chi connectivity index (χ1n) is 4.42. The van der Waals surface area contributed by atoms with Crippen molar-refractivity contribution in [3.8, 4) is 0 Å². The Morgan fingerprint density at radius 2 is 2.43 bits per heavy atom. The minimum atomic E-state index is -0.949. The lowest BCUT2D eigenvalue weighted by atomic mass is 9.98. The number of rotatable bonds is 3. The number of hydrogen-bond donors (Lipinski definition) is 3. The van der Waals surface area contributed by atoms with Crippen molar-refractivity contribution in [2.75, 3.05) is 13.2 Å². The number of aliphatic hydroxyl groups is 2. The van der Waals surface area contributed by atoms with Crippen LogP contribution in [0.5, 0.6) is 0 Å². The monoisotopic (exact) mass is 205 g/mol. The third kappa shape index (κ3) is 2.57. The van der Waals surface area contributed by atoms with Crippen molar-refractivity contribution in [1.82, 2.24) is 0 Å². The normalized spacial score (nSPS) is 34.1.